The number of carbonyl (C=O) groups excluding carboxylic acids is 1. The first-order valence-electron chi connectivity index (χ1n) is 4.69. The molecule has 0 aliphatic carbocycles. The fraction of sp³-hybridized carbons (Fsp3) is 0.417. The van der Waals surface area contributed by atoms with E-state index in [9.17, 15) is 0 Å². The molecule has 0 spiro atoms. The minimum Gasteiger partial charge on any atom is -0.333 e. The Morgan fingerprint density at radius 3 is 1.93 bits per heavy atom. The lowest BCUT2D eigenvalue weighted by Crippen LogP contribution is -1.92. The first-order valence-corrected chi connectivity index (χ1v) is 4.69. The van der Waals surface area contributed by atoms with Crippen LogP contribution in [0.4, 0.5) is 0 Å². The van der Waals surface area contributed by atoms with Crippen LogP contribution < -0.4 is 5.73 Å². The molecule has 2 heteroatoms. The highest BCUT2D eigenvalue weighted by Crippen LogP contribution is 2.05. The van der Waals surface area contributed by atoms with Crippen molar-refractivity contribution in [1.29, 1.82) is 0 Å². The molecule has 80 valence electrons. The zero-order valence-corrected chi connectivity index (χ0v) is 9.36. The molecule has 0 atom stereocenters. The number of benzene rings is 1. The second-order valence-electron chi connectivity index (χ2n) is 3.08. The van der Waals surface area contributed by atoms with Crippen molar-refractivity contribution in [1.82, 2.24) is 0 Å². The van der Waals surface area contributed by atoms with Gasteiger partial charge >= 0.3 is 0 Å². The lowest BCUT2D eigenvalue weighted by atomic mass is 10.0. The molecule has 0 unspecified atom stereocenters. The minimum atomic E-state index is 0.766. The molecule has 0 saturated carbocycles. The Hall–Kier alpha value is -1.15. The summed E-state index contributed by atoms with van der Waals surface area (Å²) in [5.41, 5.74) is 5.94. The quantitative estimate of drug-likeness (QED) is 0.786. The van der Waals surface area contributed by atoms with Crippen LogP contribution in [0.1, 0.15) is 19.4 Å². The summed E-state index contributed by atoms with van der Waals surface area (Å²) in [6, 6.07) is 10.6. The predicted octanol–water partition coefficient (Wildman–Crippen LogP) is 2.28. The average Bonchev–Trinajstić information content (AvgIpc) is 2.24. The van der Waals surface area contributed by atoms with E-state index in [0.29, 0.717) is 0 Å². The molecule has 1 aromatic rings. The summed E-state index contributed by atoms with van der Waals surface area (Å²) in [5.74, 6) is 0.766. The second kappa shape index (κ2) is 11.8. The molecule has 2 N–H and O–H groups in total. The van der Waals surface area contributed by atoms with Crippen LogP contribution in [0, 0.1) is 5.92 Å². The van der Waals surface area contributed by atoms with Gasteiger partial charge in [0.25, 0.3) is 0 Å². The topological polar surface area (TPSA) is 43.1 Å². The first-order chi connectivity index (χ1) is 6.79. The van der Waals surface area contributed by atoms with Crippen molar-refractivity contribution in [2.45, 2.75) is 20.3 Å². The van der Waals surface area contributed by atoms with Crippen LogP contribution in [0.2, 0.25) is 0 Å². The van der Waals surface area contributed by atoms with Crippen molar-refractivity contribution >= 4 is 6.79 Å². The van der Waals surface area contributed by atoms with Crippen LogP contribution in [-0.4, -0.2) is 13.8 Å². The van der Waals surface area contributed by atoms with Crippen molar-refractivity contribution in [2.75, 3.05) is 7.05 Å². The molecule has 14 heavy (non-hydrogen) atoms. The van der Waals surface area contributed by atoms with Crippen LogP contribution >= 0.6 is 0 Å². The van der Waals surface area contributed by atoms with Crippen LogP contribution in [0.5, 0.6) is 0 Å². The lowest BCUT2D eigenvalue weighted by molar-refractivity contribution is -0.0979. The van der Waals surface area contributed by atoms with Gasteiger partial charge in [0.15, 0.2) is 0 Å². The number of carbonyl (C=O) groups is 1. The number of rotatable bonds is 2. The van der Waals surface area contributed by atoms with Gasteiger partial charge in [-0.1, -0.05) is 44.2 Å². The van der Waals surface area contributed by atoms with E-state index in [1.807, 2.05) is 6.79 Å². The third-order valence-electron chi connectivity index (χ3n) is 1.49. The monoisotopic (exact) mass is 195 g/mol. The Kier molecular flexibility index (Phi) is 13.0. The molecular weight excluding hydrogens is 174 g/mol. The van der Waals surface area contributed by atoms with Crippen molar-refractivity contribution in [2.24, 2.45) is 11.7 Å². The third-order valence-corrected chi connectivity index (χ3v) is 1.49. The molecule has 0 heterocycles. The Bertz CT molecular complexity index is 197. The van der Waals surface area contributed by atoms with E-state index in [1.165, 1.54) is 19.0 Å². The standard InChI is InChI=1S/C10H14.CH5N.CH2O/c1-9(2)8-10-6-4-3-5-7-10;2*1-2/h3-7,9H,8H2,1-2H3;2H2,1H3;1H2. The zero-order valence-electron chi connectivity index (χ0n) is 9.36. The van der Waals surface area contributed by atoms with Gasteiger partial charge in [0.1, 0.15) is 6.79 Å². The molecule has 1 rings (SSSR count). The minimum absolute atomic E-state index is 0.766. The van der Waals surface area contributed by atoms with Gasteiger partial charge in [-0.25, -0.2) is 0 Å². The Labute approximate surface area is 87.1 Å². The van der Waals surface area contributed by atoms with E-state index in [1.54, 1.807) is 0 Å². The van der Waals surface area contributed by atoms with Crippen LogP contribution in [0.15, 0.2) is 30.3 Å². The van der Waals surface area contributed by atoms with E-state index in [2.05, 4.69) is 49.9 Å². The summed E-state index contributed by atoms with van der Waals surface area (Å²) in [6.45, 7) is 6.49. The van der Waals surface area contributed by atoms with E-state index in [4.69, 9.17) is 4.79 Å². The molecular formula is C12H21NO. The summed E-state index contributed by atoms with van der Waals surface area (Å²) in [6.07, 6.45) is 1.20. The molecule has 0 aliphatic heterocycles. The summed E-state index contributed by atoms with van der Waals surface area (Å²) >= 11 is 0. The number of nitrogens with two attached hydrogens (primary N) is 1. The third kappa shape index (κ3) is 8.94. The Morgan fingerprint density at radius 1 is 1.14 bits per heavy atom. The van der Waals surface area contributed by atoms with Gasteiger partial charge in [-0.2, -0.15) is 0 Å². The largest absolute Gasteiger partial charge is 0.333 e. The van der Waals surface area contributed by atoms with Gasteiger partial charge in [-0.3, -0.25) is 0 Å². The highest BCUT2D eigenvalue weighted by Gasteiger charge is 1.94. The molecule has 1 aromatic carbocycles. The summed E-state index contributed by atoms with van der Waals surface area (Å²) in [4.78, 5) is 8.00. The smallest absolute Gasteiger partial charge is 0.106 e. The maximum absolute atomic E-state index is 8.00. The summed E-state index contributed by atoms with van der Waals surface area (Å²) < 4.78 is 0. The van der Waals surface area contributed by atoms with E-state index < -0.39 is 0 Å². The van der Waals surface area contributed by atoms with E-state index in [0.717, 1.165) is 5.92 Å². The molecule has 2 nitrogen and oxygen atoms in total. The average molecular weight is 195 g/mol. The van der Waals surface area contributed by atoms with Crippen molar-refractivity contribution in [3.05, 3.63) is 35.9 Å². The maximum atomic E-state index is 8.00. The summed E-state index contributed by atoms with van der Waals surface area (Å²) in [7, 11) is 1.50. The molecule has 0 radical (unpaired) electrons. The van der Waals surface area contributed by atoms with E-state index >= 15 is 0 Å². The van der Waals surface area contributed by atoms with Gasteiger partial charge in [0.2, 0.25) is 0 Å². The fourth-order valence-corrected chi connectivity index (χ4v) is 1.09. The van der Waals surface area contributed by atoms with Gasteiger partial charge in [0, 0.05) is 0 Å². The van der Waals surface area contributed by atoms with Crippen molar-refractivity contribution in [3.63, 3.8) is 0 Å². The highest BCUT2D eigenvalue weighted by atomic mass is 16.1. The van der Waals surface area contributed by atoms with Crippen molar-refractivity contribution < 1.29 is 4.79 Å². The van der Waals surface area contributed by atoms with Crippen molar-refractivity contribution in [3.8, 4) is 0 Å². The van der Waals surface area contributed by atoms with Gasteiger partial charge < -0.3 is 10.5 Å². The second-order valence-corrected chi connectivity index (χ2v) is 3.08. The molecule has 0 fully saturated rings. The molecule has 0 bridgehead atoms. The van der Waals surface area contributed by atoms with Gasteiger partial charge in [0.05, 0.1) is 0 Å². The summed E-state index contributed by atoms with van der Waals surface area (Å²) in [5, 5.41) is 0. The fourth-order valence-electron chi connectivity index (χ4n) is 1.09. The normalized spacial score (nSPS) is 8.07. The predicted molar refractivity (Wildman–Crippen MR) is 62.2 cm³/mol. The Morgan fingerprint density at radius 2 is 1.57 bits per heavy atom. The lowest BCUT2D eigenvalue weighted by Gasteiger charge is -2.02. The van der Waals surface area contributed by atoms with Crippen LogP contribution in [-0.2, 0) is 11.2 Å². The Balaban J connectivity index is 0. The van der Waals surface area contributed by atoms with Gasteiger partial charge in [-0.15, -0.1) is 0 Å². The SMILES string of the molecule is C=O.CC(C)Cc1ccccc1.CN. The molecule has 0 saturated heterocycles. The highest BCUT2D eigenvalue weighted by molar-refractivity contribution is 5.14. The zero-order chi connectivity index (χ0) is 11.4. The number of hydrogen-bond donors (Lipinski definition) is 1. The number of hydrogen-bond acceptors (Lipinski definition) is 2. The van der Waals surface area contributed by atoms with Crippen LogP contribution in [0.3, 0.4) is 0 Å². The molecule has 0 aromatic heterocycles. The first kappa shape index (κ1) is 15.3. The molecule has 0 amide bonds. The molecule has 0 aliphatic rings. The van der Waals surface area contributed by atoms with Gasteiger partial charge in [-0.05, 0) is 24.9 Å². The van der Waals surface area contributed by atoms with Crippen LogP contribution in [0.25, 0.3) is 0 Å². The van der Waals surface area contributed by atoms with E-state index in [-0.39, 0.29) is 0 Å². The maximum Gasteiger partial charge on any atom is 0.106 e.